The summed E-state index contributed by atoms with van der Waals surface area (Å²) < 4.78 is 5.48. The van der Waals surface area contributed by atoms with E-state index < -0.39 is 0 Å². The predicted octanol–water partition coefficient (Wildman–Crippen LogP) is 2.33. The third-order valence-corrected chi connectivity index (χ3v) is 4.54. The molecule has 1 N–H and O–H groups in total. The lowest BCUT2D eigenvalue weighted by Crippen LogP contribution is -2.37. The summed E-state index contributed by atoms with van der Waals surface area (Å²) in [6, 6.07) is 0. The maximum Gasteiger partial charge on any atom is 0.220 e. The molecule has 2 rings (SSSR count). The van der Waals surface area contributed by atoms with E-state index in [1.807, 2.05) is 6.92 Å². The Morgan fingerprint density at radius 2 is 2.18 bits per heavy atom. The largest absolute Gasteiger partial charge is 0.378 e. The molecule has 2 saturated carbocycles. The number of halogens is 1. The normalized spacial score (nSPS) is 29.5. The predicted molar refractivity (Wildman–Crippen MR) is 68.2 cm³/mol. The summed E-state index contributed by atoms with van der Waals surface area (Å²) in [6.07, 6.45) is 5.46. The van der Waals surface area contributed by atoms with Crippen molar-refractivity contribution in [2.45, 2.75) is 45.1 Å². The molecule has 0 radical (unpaired) electrons. The van der Waals surface area contributed by atoms with Crippen LogP contribution in [-0.4, -0.2) is 31.0 Å². The van der Waals surface area contributed by atoms with Gasteiger partial charge in [-0.1, -0.05) is 0 Å². The first kappa shape index (κ1) is 13.2. The van der Waals surface area contributed by atoms with E-state index in [4.69, 9.17) is 16.3 Å². The van der Waals surface area contributed by atoms with Gasteiger partial charge in [-0.2, -0.15) is 0 Å². The lowest BCUT2D eigenvalue weighted by molar-refractivity contribution is -0.124. The molecule has 4 heteroatoms. The second kappa shape index (κ2) is 5.57. The number of carbonyl (C=O) groups excluding carboxylic acids is 1. The van der Waals surface area contributed by atoms with Gasteiger partial charge in [-0.3, -0.25) is 4.79 Å². The Hall–Kier alpha value is -0.280. The summed E-state index contributed by atoms with van der Waals surface area (Å²) in [7, 11) is 0. The zero-order valence-electron chi connectivity index (χ0n) is 10.5. The third kappa shape index (κ3) is 3.59. The molecule has 0 aromatic carbocycles. The smallest absolute Gasteiger partial charge is 0.220 e. The molecule has 98 valence electrons. The van der Waals surface area contributed by atoms with E-state index >= 15 is 0 Å². The highest BCUT2D eigenvalue weighted by atomic mass is 35.5. The van der Waals surface area contributed by atoms with Crippen LogP contribution in [0, 0.1) is 11.3 Å². The number of carbonyl (C=O) groups is 1. The molecule has 2 fully saturated rings. The van der Waals surface area contributed by atoms with Crippen LogP contribution in [0.5, 0.6) is 0 Å². The fourth-order valence-electron chi connectivity index (χ4n) is 2.37. The van der Waals surface area contributed by atoms with Gasteiger partial charge in [-0.25, -0.2) is 0 Å². The van der Waals surface area contributed by atoms with E-state index in [2.05, 4.69) is 5.32 Å². The fraction of sp³-hybridized carbons (Fsp3) is 0.923. The van der Waals surface area contributed by atoms with E-state index in [9.17, 15) is 4.79 Å². The molecular formula is C13H22ClNO2. The molecule has 0 saturated heterocycles. The second-order valence-electron chi connectivity index (χ2n) is 5.53. The van der Waals surface area contributed by atoms with Crippen LogP contribution in [0.4, 0.5) is 0 Å². The van der Waals surface area contributed by atoms with Crippen LogP contribution in [0.25, 0.3) is 0 Å². The number of hydrogen-bond donors (Lipinski definition) is 1. The van der Waals surface area contributed by atoms with Gasteiger partial charge in [0.25, 0.3) is 0 Å². The van der Waals surface area contributed by atoms with Crippen LogP contribution in [0.1, 0.15) is 39.0 Å². The Morgan fingerprint density at radius 1 is 1.47 bits per heavy atom. The van der Waals surface area contributed by atoms with Gasteiger partial charge in [-0.15, -0.1) is 11.6 Å². The van der Waals surface area contributed by atoms with Gasteiger partial charge in [-0.05, 0) is 38.5 Å². The first-order chi connectivity index (χ1) is 8.17. The Labute approximate surface area is 108 Å². The van der Waals surface area contributed by atoms with Crippen LogP contribution in [0.3, 0.4) is 0 Å². The van der Waals surface area contributed by atoms with Crippen molar-refractivity contribution in [1.29, 1.82) is 0 Å². The minimum absolute atomic E-state index is 0.182. The van der Waals surface area contributed by atoms with Gasteiger partial charge in [0.2, 0.25) is 5.91 Å². The van der Waals surface area contributed by atoms with Gasteiger partial charge in [0.05, 0.1) is 6.10 Å². The van der Waals surface area contributed by atoms with Crippen LogP contribution >= 0.6 is 11.6 Å². The quantitative estimate of drug-likeness (QED) is 0.713. The van der Waals surface area contributed by atoms with E-state index in [0.29, 0.717) is 24.3 Å². The summed E-state index contributed by atoms with van der Waals surface area (Å²) in [5.74, 6) is 1.38. The van der Waals surface area contributed by atoms with Crippen LogP contribution < -0.4 is 5.32 Å². The van der Waals surface area contributed by atoms with Gasteiger partial charge in [0.1, 0.15) is 0 Å². The second-order valence-corrected chi connectivity index (χ2v) is 5.80. The van der Waals surface area contributed by atoms with Gasteiger partial charge < -0.3 is 10.1 Å². The van der Waals surface area contributed by atoms with E-state index in [1.165, 1.54) is 0 Å². The average Bonchev–Trinajstić information content (AvgIpc) is 3.04. The molecule has 3 nitrogen and oxygen atoms in total. The third-order valence-electron chi connectivity index (χ3n) is 3.97. The summed E-state index contributed by atoms with van der Waals surface area (Å²) in [5.41, 5.74) is 0.227. The molecule has 0 unspecified atom stereocenters. The molecule has 1 amide bonds. The topological polar surface area (TPSA) is 38.3 Å². The first-order valence-electron chi connectivity index (χ1n) is 6.62. The minimum Gasteiger partial charge on any atom is -0.378 e. The lowest BCUT2D eigenvalue weighted by atomic mass is 9.80. The maximum absolute atomic E-state index is 11.7. The van der Waals surface area contributed by atoms with Crippen molar-refractivity contribution in [2.75, 3.05) is 19.0 Å². The molecule has 0 aliphatic heterocycles. The van der Waals surface area contributed by atoms with E-state index in [1.54, 1.807) is 0 Å². The zero-order chi connectivity index (χ0) is 12.3. The Balaban J connectivity index is 1.56. The molecule has 0 aromatic heterocycles. The number of nitrogens with one attached hydrogen (secondary N) is 1. The van der Waals surface area contributed by atoms with Crippen molar-refractivity contribution in [3.05, 3.63) is 0 Å². The van der Waals surface area contributed by atoms with Gasteiger partial charge >= 0.3 is 0 Å². The van der Waals surface area contributed by atoms with Crippen molar-refractivity contribution in [3.8, 4) is 0 Å². The Bertz CT molecular complexity index is 273. The molecule has 2 aliphatic carbocycles. The average molecular weight is 260 g/mol. The highest BCUT2D eigenvalue weighted by Crippen LogP contribution is 2.45. The van der Waals surface area contributed by atoms with Crippen molar-refractivity contribution in [3.63, 3.8) is 0 Å². The Kier molecular flexibility index (Phi) is 4.31. The molecule has 0 atom stereocenters. The van der Waals surface area contributed by atoms with Crippen LogP contribution in [-0.2, 0) is 9.53 Å². The minimum atomic E-state index is 0.182. The van der Waals surface area contributed by atoms with Crippen molar-refractivity contribution >= 4 is 17.5 Å². The first-order valence-corrected chi connectivity index (χ1v) is 7.15. The summed E-state index contributed by atoms with van der Waals surface area (Å²) in [4.78, 5) is 11.7. The van der Waals surface area contributed by atoms with E-state index in [0.717, 1.165) is 38.8 Å². The summed E-state index contributed by atoms with van der Waals surface area (Å²) in [5, 5.41) is 3.02. The van der Waals surface area contributed by atoms with Crippen molar-refractivity contribution in [1.82, 2.24) is 5.32 Å². The number of rotatable bonds is 7. The van der Waals surface area contributed by atoms with Crippen molar-refractivity contribution in [2.24, 2.45) is 11.3 Å². The number of amides is 1. The van der Waals surface area contributed by atoms with Crippen LogP contribution in [0.2, 0.25) is 0 Å². The van der Waals surface area contributed by atoms with Gasteiger partial charge in [0.15, 0.2) is 0 Å². The maximum atomic E-state index is 11.7. The van der Waals surface area contributed by atoms with Crippen molar-refractivity contribution < 1.29 is 9.53 Å². The summed E-state index contributed by atoms with van der Waals surface area (Å²) >= 11 is 5.87. The molecule has 2 aliphatic rings. The Morgan fingerprint density at radius 3 is 2.71 bits per heavy atom. The fourth-order valence-corrected chi connectivity index (χ4v) is 2.73. The SMILES string of the molecule is CCOC1CC(CC(=O)NCC2(CCl)CC2)C1. The lowest BCUT2D eigenvalue weighted by Gasteiger charge is -2.34. The van der Waals surface area contributed by atoms with Crippen LogP contribution in [0.15, 0.2) is 0 Å². The molecular weight excluding hydrogens is 238 g/mol. The molecule has 0 heterocycles. The number of ether oxygens (including phenoxy) is 1. The highest BCUT2D eigenvalue weighted by Gasteiger charge is 2.42. The summed E-state index contributed by atoms with van der Waals surface area (Å²) in [6.45, 7) is 3.56. The zero-order valence-corrected chi connectivity index (χ0v) is 11.3. The van der Waals surface area contributed by atoms with E-state index in [-0.39, 0.29) is 11.3 Å². The van der Waals surface area contributed by atoms with Gasteiger partial charge in [0, 0.05) is 30.9 Å². The molecule has 17 heavy (non-hydrogen) atoms. The standard InChI is InChI=1S/C13H22ClNO2/c1-2-17-11-5-10(6-11)7-12(16)15-9-13(8-14)3-4-13/h10-11H,2-9H2,1H3,(H,15,16). The molecule has 0 bridgehead atoms. The number of alkyl halides is 1. The monoisotopic (exact) mass is 259 g/mol. The molecule has 0 spiro atoms. The number of hydrogen-bond acceptors (Lipinski definition) is 2. The highest BCUT2D eigenvalue weighted by molar-refractivity contribution is 6.18. The molecule has 0 aromatic rings.